The van der Waals surface area contributed by atoms with Crippen molar-refractivity contribution < 1.29 is 18.0 Å². The quantitative estimate of drug-likeness (QED) is 0.348. The van der Waals surface area contributed by atoms with E-state index in [0.717, 1.165) is 14.1 Å². The van der Waals surface area contributed by atoms with Crippen LogP contribution in [-0.4, -0.2) is 50.5 Å². The predicted octanol–water partition coefficient (Wildman–Crippen LogP) is 4.94. The number of sulfonamides is 1. The Balaban J connectivity index is 2.44. The first kappa shape index (κ1) is 29.7. The van der Waals surface area contributed by atoms with E-state index in [2.05, 4.69) is 27.9 Å². The molecule has 0 heterocycles. The largest absolute Gasteiger partial charge is 0.354 e. The summed E-state index contributed by atoms with van der Waals surface area (Å²) in [6, 6.07) is 10.9. The minimum atomic E-state index is -3.78. The number of benzene rings is 2. The van der Waals surface area contributed by atoms with Gasteiger partial charge in [0.25, 0.3) is 0 Å². The van der Waals surface area contributed by atoms with E-state index in [1.807, 2.05) is 13.8 Å². The van der Waals surface area contributed by atoms with E-state index in [9.17, 15) is 18.0 Å². The van der Waals surface area contributed by atoms with Gasteiger partial charge in [0.05, 0.1) is 11.9 Å². The molecule has 2 aromatic rings. The minimum Gasteiger partial charge on any atom is -0.354 e. The molecule has 0 aliphatic rings. The first-order chi connectivity index (χ1) is 16.3. The lowest BCUT2D eigenvalue weighted by molar-refractivity contribution is -0.140. The fraction of sp³-hybridized carbons (Fsp3) is 0.417. The maximum atomic E-state index is 13.6. The van der Waals surface area contributed by atoms with Crippen LogP contribution in [0.3, 0.4) is 0 Å². The van der Waals surface area contributed by atoms with Gasteiger partial charge in [0.1, 0.15) is 12.6 Å². The van der Waals surface area contributed by atoms with Gasteiger partial charge in [-0.05, 0) is 76.9 Å². The van der Waals surface area contributed by atoms with Gasteiger partial charge in [0.15, 0.2) is 0 Å². The minimum absolute atomic E-state index is 0.0206. The second-order valence-electron chi connectivity index (χ2n) is 8.57. The Labute approximate surface area is 231 Å². The van der Waals surface area contributed by atoms with Gasteiger partial charge in [-0.3, -0.25) is 13.9 Å². The SMILES string of the molecule is CC[C@@H](C(=O)NCC(C)C)N(Cc1ccc(Cl)cc1Cl)C(=O)CN(c1ccc(I)cc1)S(C)(=O)=O. The molecular weight excluding hydrogens is 624 g/mol. The molecule has 0 unspecified atom stereocenters. The Hall–Kier alpha value is -1.56. The highest BCUT2D eigenvalue weighted by Gasteiger charge is 2.32. The van der Waals surface area contributed by atoms with E-state index in [1.165, 1.54) is 4.90 Å². The van der Waals surface area contributed by atoms with Gasteiger partial charge in [0.2, 0.25) is 21.8 Å². The Morgan fingerprint density at radius 2 is 1.71 bits per heavy atom. The van der Waals surface area contributed by atoms with Crippen LogP contribution in [0, 0.1) is 9.49 Å². The summed E-state index contributed by atoms with van der Waals surface area (Å²) in [5.41, 5.74) is 0.961. The Morgan fingerprint density at radius 3 is 2.23 bits per heavy atom. The van der Waals surface area contributed by atoms with Crippen molar-refractivity contribution in [3.05, 3.63) is 61.6 Å². The van der Waals surface area contributed by atoms with Crippen molar-refractivity contribution in [1.82, 2.24) is 10.2 Å². The zero-order valence-corrected chi connectivity index (χ0v) is 24.6. The molecule has 0 bridgehead atoms. The molecule has 0 aliphatic heterocycles. The monoisotopic (exact) mass is 653 g/mol. The summed E-state index contributed by atoms with van der Waals surface area (Å²) in [4.78, 5) is 28.1. The van der Waals surface area contributed by atoms with E-state index < -0.39 is 28.5 Å². The summed E-state index contributed by atoms with van der Waals surface area (Å²) >= 11 is 14.5. The molecule has 0 fully saturated rings. The number of hydrogen-bond donors (Lipinski definition) is 1. The van der Waals surface area contributed by atoms with Crippen LogP contribution in [0.25, 0.3) is 0 Å². The zero-order chi connectivity index (χ0) is 26.3. The molecule has 0 radical (unpaired) electrons. The molecular formula is C24H30Cl2IN3O4S. The lowest BCUT2D eigenvalue weighted by atomic mass is 10.1. The van der Waals surface area contributed by atoms with Crippen molar-refractivity contribution in [2.24, 2.45) is 5.92 Å². The van der Waals surface area contributed by atoms with Crippen LogP contribution in [-0.2, 0) is 26.2 Å². The van der Waals surface area contributed by atoms with Gasteiger partial charge in [0, 0.05) is 26.7 Å². The number of rotatable bonds is 11. The summed E-state index contributed by atoms with van der Waals surface area (Å²) in [5, 5.41) is 3.68. The highest BCUT2D eigenvalue weighted by molar-refractivity contribution is 14.1. The molecule has 2 amide bonds. The Kier molecular flexibility index (Phi) is 11.1. The number of halogens is 3. The molecule has 2 aromatic carbocycles. The van der Waals surface area contributed by atoms with Gasteiger partial charge in [-0.1, -0.05) is 50.0 Å². The number of carbonyl (C=O) groups excluding carboxylic acids is 2. The summed E-state index contributed by atoms with van der Waals surface area (Å²) in [7, 11) is -3.78. The fourth-order valence-corrected chi connectivity index (χ4v) is 5.07. The second-order valence-corrected chi connectivity index (χ2v) is 12.6. The predicted molar refractivity (Wildman–Crippen MR) is 150 cm³/mol. The molecule has 0 aliphatic carbocycles. The van der Waals surface area contributed by atoms with Crippen molar-refractivity contribution in [3.63, 3.8) is 0 Å². The molecule has 1 atom stereocenters. The van der Waals surface area contributed by atoms with E-state index >= 15 is 0 Å². The van der Waals surface area contributed by atoms with Crippen molar-refractivity contribution >= 4 is 73.3 Å². The second kappa shape index (κ2) is 13.1. The average molecular weight is 654 g/mol. The molecule has 0 aromatic heterocycles. The lowest BCUT2D eigenvalue weighted by Gasteiger charge is -2.33. The Morgan fingerprint density at radius 1 is 1.09 bits per heavy atom. The van der Waals surface area contributed by atoms with Gasteiger partial charge >= 0.3 is 0 Å². The van der Waals surface area contributed by atoms with Gasteiger partial charge in [-0.2, -0.15) is 0 Å². The normalized spacial score (nSPS) is 12.3. The Bertz CT molecular complexity index is 1140. The van der Waals surface area contributed by atoms with Crippen LogP contribution in [0.2, 0.25) is 10.0 Å². The molecule has 35 heavy (non-hydrogen) atoms. The number of carbonyl (C=O) groups is 2. The van der Waals surface area contributed by atoms with Crippen LogP contribution in [0.5, 0.6) is 0 Å². The summed E-state index contributed by atoms with van der Waals surface area (Å²) in [5.74, 6) is -0.598. The smallest absolute Gasteiger partial charge is 0.244 e. The van der Waals surface area contributed by atoms with Crippen LogP contribution in [0.4, 0.5) is 5.69 Å². The summed E-state index contributed by atoms with van der Waals surface area (Å²) < 4.78 is 27.2. The molecule has 7 nitrogen and oxygen atoms in total. The van der Waals surface area contributed by atoms with Crippen LogP contribution in [0.15, 0.2) is 42.5 Å². The number of nitrogens with zero attached hydrogens (tertiary/aromatic N) is 2. The van der Waals surface area contributed by atoms with E-state index in [1.54, 1.807) is 49.4 Å². The summed E-state index contributed by atoms with van der Waals surface area (Å²) in [6.07, 6.45) is 1.38. The highest BCUT2D eigenvalue weighted by Crippen LogP contribution is 2.25. The highest BCUT2D eigenvalue weighted by atomic mass is 127. The number of nitrogens with one attached hydrogen (secondary N) is 1. The van der Waals surface area contributed by atoms with Crippen LogP contribution in [0.1, 0.15) is 32.8 Å². The molecule has 192 valence electrons. The molecule has 0 saturated heterocycles. The first-order valence-corrected chi connectivity index (χ1v) is 14.8. The molecule has 1 N–H and O–H groups in total. The third-order valence-electron chi connectivity index (χ3n) is 5.22. The van der Waals surface area contributed by atoms with E-state index in [0.29, 0.717) is 34.3 Å². The van der Waals surface area contributed by atoms with Crippen molar-refractivity contribution in [2.75, 3.05) is 23.7 Å². The third-order valence-corrected chi connectivity index (χ3v) is 7.67. The average Bonchev–Trinajstić information content (AvgIpc) is 2.77. The third kappa shape index (κ3) is 8.80. The first-order valence-electron chi connectivity index (χ1n) is 11.1. The zero-order valence-electron chi connectivity index (χ0n) is 20.1. The molecule has 11 heteroatoms. The maximum Gasteiger partial charge on any atom is 0.244 e. The standard InChI is InChI=1S/C24H30Cl2IN3O4S/c1-5-22(24(32)28-13-16(2)3)29(14-17-6-7-18(25)12-21(17)26)23(31)15-30(35(4,33)34)20-10-8-19(27)9-11-20/h6-12,16,22H,5,13-15H2,1-4H3,(H,28,32)/t22-/m0/s1. The fourth-order valence-electron chi connectivity index (χ4n) is 3.40. The van der Waals surface area contributed by atoms with Crippen molar-refractivity contribution in [2.45, 2.75) is 39.8 Å². The number of amides is 2. The molecule has 0 spiro atoms. The lowest BCUT2D eigenvalue weighted by Crippen LogP contribution is -2.52. The topological polar surface area (TPSA) is 86.8 Å². The number of anilines is 1. The summed E-state index contributed by atoms with van der Waals surface area (Å²) in [6.45, 7) is 5.77. The number of hydrogen-bond acceptors (Lipinski definition) is 4. The molecule has 0 saturated carbocycles. The van der Waals surface area contributed by atoms with Crippen LogP contribution >= 0.6 is 45.8 Å². The van der Waals surface area contributed by atoms with E-state index in [4.69, 9.17) is 23.2 Å². The maximum absolute atomic E-state index is 13.6. The van der Waals surface area contributed by atoms with Crippen LogP contribution < -0.4 is 9.62 Å². The van der Waals surface area contributed by atoms with Crippen molar-refractivity contribution in [3.8, 4) is 0 Å². The van der Waals surface area contributed by atoms with Gasteiger partial charge in [-0.25, -0.2) is 8.42 Å². The van der Waals surface area contributed by atoms with Crippen molar-refractivity contribution in [1.29, 1.82) is 0 Å². The van der Waals surface area contributed by atoms with E-state index in [-0.39, 0.29) is 18.4 Å². The van der Waals surface area contributed by atoms with Gasteiger partial charge in [-0.15, -0.1) is 0 Å². The molecule has 2 rings (SSSR count). The van der Waals surface area contributed by atoms with Gasteiger partial charge < -0.3 is 10.2 Å².